The monoisotopic (exact) mass is 306 g/mol. The summed E-state index contributed by atoms with van der Waals surface area (Å²) < 4.78 is 40.5. The largest absolute Gasteiger partial charge is 0.384 e. The van der Waals surface area contributed by atoms with Crippen molar-refractivity contribution in [2.45, 2.75) is 18.2 Å². The predicted octanol–water partition coefficient (Wildman–Crippen LogP) is 2.90. The van der Waals surface area contributed by atoms with Crippen LogP contribution in [0.25, 0.3) is 0 Å². The van der Waals surface area contributed by atoms with Crippen LogP contribution in [0.1, 0.15) is 11.1 Å². The van der Waals surface area contributed by atoms with E-state index in [-0.39, 0.29) is 10.6 Å². The van der Waals surface area contributed by atoms with Crippen molar-refractivity contribution in [2.24, 2.45) is 0 Å². The van der Waals surface area contributed by atoms with Crippen LogP contribution in [0.5, 0.6) is 0 Å². The molecule has 1 aliphatic rings. The van der Waals surface area contributed by atoms with Gasteiger partial charge in [0, 0.05) is 12.2 Å². The fourth-order valence-electron chi connectivity index (χ4n) is 2.36. The van der Waals surface area contributed by atoms with E-state index in [1.165, 1.54) is 12.1 Å². The first kappa shape index (κ1) is 13.9. The first-order valence-corrected chi connectivity index (χ1v) is 8.10. The maximum atomic E-state index is 13.3. The van der Waals surface area contributed by atoms with Crippen molar-refractivity contribution in [1.29, 1.82) is 0 Å². The zero-order valence-corrected chi connectivity index (χ0v) is 12.3. The molecule has 0 fully saturated rings. The quantitative estimate of drug-likeness (QED) is 0.916. The summed E-state index contributed by atoms with van der Waals surface area (Å²) in [6.45, 7) is 2.54. The molecule has 0 unspecified atom stereocenters. The normalized spacial score (nSPS) is 13.6. The van der Waals surface area contributed by atoms with Gasteiger partial charge in [0.05, 0.1) is 10.6 Å². The van der Waals surface area contributed by atoms with Crippen molar-refractivity contribution in [3.63, 3.8) is 0 Å². The highest BCUT2D eigenvalue weighted by molar-refractivity contribution is 7.92. The number of nitrogens with one attached hydrogen (secondary N) is 2. The van der Waals surface area contributed by atoms with Gasteiger partial charge >= 0.3 is 0 Å². The highest BCUT2D eigenvalue weighted by atomic mass is 32.2. The van der Waals surface area contributed by atoms with Crippen LogP contribution in [-0.2, 0) is 16.4 Å². The standard InChI is InChI=1S/C15H15FN2O2S/c1-10-2-3-12(16)9-15(10)18-21(19,20)13-4-5-14-11(8-13)6-7-17-14/h2-5,8-9,17-18H,6-7H2,1H3. The summed E-state index contributed by atoms with van der Waals surface area (Å²) in [6.07, 6.45) is 0.803. The van der Waals surface area contributed by atoms with E-state index in [2.05, 4.69) is 10.0 Å². The van der Waals surface area contributed by atoms with Gasteiger partial charge in [0.1, 0.15) is 5.82 Å². The van der Waals surface area contributed by atoms with Gasteiger partial charge in [-0.05, 0) is 54.8 Å². The minimum atomic E-state index is -3.72. The van der Waals surface area contributed by atoms with E-state index < -0.39 is 15.8 Å². The Morgan fingerprint density at radius 3 is 2.81 bits per heavy atom. The van der Waals surface area contributed by atoms with E-state index in [1.54, 1.807) is 31.2 Å². The molecule has 0 aromatic heterocycles. The van der Waals surface area contributed by atoms with Crippen LogP contribution < -0.4 is 10.0 Å². The van der Waals surface area contributed by atoms with Crippen molar-refractivity contribution < 1.29 is 12.8 Å². The second-order valence-electron chi connectivity index (χ2n) is 5.06. The van der Waals surface area contributed by atoms with Gasteiger partial charge in [-0.2, -0.15) is 0 Å². The Morgan fingerprint density at radius 1 is 1.19 bits per heavy atom. The molecule has 0 atom stereocenters. The third kappa shape index (κ3) is 2.71. The molecule has 6 heteroatoms. The number of fused-ring (bicyclic) bond motifs is 1. The van der Waals surface area contributed by atoms with Crippen molar-refractivity contribution in [3.8, 4) is 0 Å². The lowest BCUT2D eigenvalue weighted by Crippen LogP contribution is -2.14. The predicted molar refractivity (Wildman–Crippen MR) is 80.6 cm³/mol. The molecule has 2 aromatic carbocycles. The fraction of sp³-hybridized carbons (Fsp3) is 0.200. The van der Waals surface area contributed by atoms with Crippen LogP contribution in [0.3, 0.4) is 0 Å². The van der Waals surface area contributed by atoms with Crippen molar-refractivity contribution in [2.75, 3.05) is 16.6 Å². The molecular weight excluding hydrogens is 291 g/mol. The molecule has 0 bridgehead atoms. The summed E-state index contributed by atoms with van der Waals surface area (Å²) in [5.41, 5.74) is 2.88. The Morgan fingerprint density at radius 2 is 2.00 bits per heavy atom. The van der Waals surface area contributed by atoms with Gasteiger partial charge in [-0.3, -0.25) is 4.72 Å². The second kappa shape index (κ2) is 5.04. The number of halogens is 1. The van der Waals surface area contributed by atoms with Crippen LogP contribution >= 0.6 is 0 Å². The van der Waals surface area contributed by atoms with Gasteiger partial charge in [0.2, 0.25) is 0 Å². The Hall–Kier alpha value is -2.08. The van der Waals surface area contributed by atoms with Crippen LogP contribution in [-0.4, -0.2) is 15.0 Å². The molecule has 0 saturated heterocycles. The van der Waals surface area contributed by atoms with E-state index in [4.69, 9.17) is 0 Å². The molecule has 1 aliphatic heterocycles. The number of benzene rings is 2. The average molecular weight is 306 g/mol. The molecular formula is C15H15FN2O2S. The number of hydrogen-bond donors (Lipinski definition) is 2. The minimum Gasteiger partial charge on any atom is -0.384 e. The molecule has 4 nitrogen and oxygen atoms in total. The van der Waals surface area contributed by atoms with Crippen LogP contribution in [0.4, 0.5) is 15.8 Å². The first-order valence-electron chi connectivity index (χ1n) is 6.61. The maximum Gasteiger partial charge on any atom is 0.261 e. The maximum absolute atomic E-state index is 13.3. The molecule has 0 amide bonds. The Kier molecular flexibility index (Phi) is 3.33. The van der Waals surface area contributed by atoms with E-state index >= 15 is 0 Å². The molecule has 2 aromatic rings. The number of sulfonamides is 1. The molecule has 0 saturated carbocycles. The van der Waals surface area contributed by atoms with E-state index in [0.29, 0.717) is 5.56 Å². The van der Waals surface area contributed by atoms with Gasteiger partial charge in [0.15, 0.2) is 0 Å². The lowest BCUT2D eigenvalue weighted by molar-refractivity contribution is 0.601. The number of aryl methyl sites for hydroxylation is 1. The summed E-state index contributed by atoms with van der Waals surface area (Å²) >= 11 is 0. The molecule has 1 heterocycles. The van der Waals surface area contributed by atoms with E-state index in [9.17, 15) is 12.8 Å². The Bertz CT molecular complexity index is 803. The molecule has 0 radical (unpaired) electrons. The minimum absolute atomic E-state index is 0.189. The molecule has 0 spiro atoms. The zero-order chi connectivity index (χ0) is 15.0. The van der Waals surface area contributed by atoms with Crippen molar-refractivity contribution in [3.05, 3.63) is 53.3 Å². The summed E-state index contributed by atoms with van der Waals surface area (Å²) in [5, 5.41) is 3.18. The summed E-state index contributed by atoms with van der Waals surface area (Å²) in [4.78, 5) is 0.189. The fourth-order valence-corrected chi connectivity index (χ4v) is 3.53. The van der Waals surface area contributed by atoms with Gasteiger partial charge in [-0.1, -0.05) is 6.07 Å². The molecule has 21 heavy (non-hydrogen) atoms. The third-order valence-corrected chi connectivity index (χ3v) is 4.90. The van der Waals surface area contributed by atoms with Crippen LogP contribution in [0, 0.1) is 12.7 Å². The van der Waals surface area contributed by atoms with E-state index in [1.807, 2.05) is 0 Å². The lowest BCUT2D eigenvalue weighted by Gasteiger charge is -2.11. The Balaban J connectivity index is 1.95. The van der Waals surface area contributed by atoms with Gasteiger partial charge in [-0.25, -0.2) is 12.8 Å². The zero-order valence-electron chi connectivity index (χ0n) is 11.5. The topological polar surface area (TPSA) is 58.2 Å². The third-order valence-electron chi connectivity index (χ3n) is 3.54. The summed E-state index contributed by atoms with van der Waals surface area (Å²) in [7, 11) is -3.72. The number of hydrogen-bond acceptors (Lipinski definition) is 3. The van der Waals surface area contributed by atoms with Crippen LogP contribution in [0.15, 0.2) is 41.3 Å². The second-order valence-corrected chi connectivity index (χ2v) is 6.74. The van der Waals surface area contributed by atoms with Crippen molar-refractivity contribution >= 4 is 21.4 Å². The smallest absolute Gasteiger partial charge is 0.261 e. The molecule has 0 aliphatic carbocycles. The van der Waals surface area contributed by atoms with Gasteiger partial charge in [-0.15, -0.1) is 0 Å². The summed E-state index contributed by atoms with van der Waals surface area (Å²) in [5.74, 6) is -0.476. The molecule has 110 valence electrons. The SMILES string of the molecule is Cc1ccc(F)cc1NS(=O)(=O)c1ccc2c(c1)CCN2. The highest BCUT2D eigenvalue weighted by Crippen LogP contribution is 2.27. The molecule has 2 N–H and O–H groups in total. The number of anilines is 2. The number of rotatable bonds is 3. The lowest BCUT2D eigenvalue weighted by atomic mass is 10.2. The Labute approximate surface area is 123 Å². The highest BCUT2D eigenvalue weighted by Gasteiger charge is 2.19. The van der Waals surface area contributed by atoms with Crippen LogP contribution in [0.2, 0.25) is 0 Å². The van der Waals surface area contributed by atoms with Gasteiger partial charge < -0.3 is 5.32 Å². The first-order chi connectivity index (χ1) is 9.95. The van der Waals surface area contributed by atoms with E-state index in [0.717, 1.165) is 24.2 Å². The average Bonchev–Trinajstić information content (AvgIpc) is 2.90. The molecule has 3 rings (SSSR count). The van der Waals surface area contributed by atoms with Gasteiger partial charge in [0.25, 0.3) is 10.0 Å². The van der Waals surface area contributed by atoms with Crippen molar-refractivity contribution in [1.82, 2.24) is 0 Å². The summed E-state index contributed by atoms with van der Waals surface area (Å²) in [6, 6.07) is 8.99.